The van der Waals surface area contributed by atoms with E-state index in [-0.39, 0.29) is 18.6 Å². The quantitative estimate of drug-likeness (QED) is 0.487. The van der Waals surface area contributed by atoms with E-state index in [1.807, 2.05) is 61.7 Å². The summed E-state index contributed by atoms with van der Waals surface area (Å²) in [6, 6.07) is 13.6. The highest BCUT2D eigenvalue weighted by Crippen LogP contribution is 2.27. The average Bonchev–Trinajstić information content (AvgIpc) is 3.36. The highest BCUT2D eigenvalue weighted by Gasteiger charge is 2.20. The molecule has 152 valence electrons. The van der Waals surface area contributed by atoms with E-state index in [0.717, 1.165) is 33.7 Å². The number of carbonyl (C=O) groups is 2. The Morgan fingerprint density at radius 3 is 2.55 bits per heavy atom. The number of esters is 1. The molecule has 0 bridgehead atoms. The Balaban J connectivity index is 1.64. The minimum atomic E-state index is -0.446. The first-order chi connectivity index (χ1) is 14.0. The average molecular weight is 428 g/mol. The lowest BCUT2D eigenvalue weighted by Gasteiger charge is -2.18. The molecule has 3 aromatic rings. The normalized spacial score (nSPS) is 11.8. The molecule has 2 aromatic heterocycles. The van der Waals surface area contributed by atoms with Crippen LogP contribution < -0.4 is 5.32 Å². The van der Waals surface area contributed by atoms with Crippen molar-refractivity contribution in [3.63, 3.8) is 0 Å². The molecule has 0 aliphatic rings. The summed E-state index contributed by atoms with van der Waals surface area (Å²) in [5.74, 6) is -0.766. The molecule has 0 saturated carbocycles. The number of benzene rings is 1. The summed E-state index contributed by atoms with van der Waals surface area (Å²) in [5, 5.41) is 4.98. The molecule has 1 amide bonds. The highest BCUT2D eigenvalue weighted by atomic mass is 32.1. The van der Waals surface area contributed by atoms with Gasteiger partial charge in [0.1, 0.15) is 4.88 Å². The largest absolute Gasteiger partial charge is 0.451 e. The van der Waals surface area contributed by atoms with Crippen molar-refractivity contribution in [1.82, 2.24) is 5.32 Å². The van der Waals surface area contributed by atoms with Crippen LogP contribution in [-0.4, -0.2) is 18.5 Å². The SMILES string of the molecule is CCCc1cc(C(=O)OCC(=O)NC(c2ccc(C)cc2)c2cccs2)sc1C. The van der Waals surface area contributed by atoms with Gasteiger partial charge in [-0.3, -0.25) is 4.79 Å². The van der Waals surface area contributed by atoms with Crippen LogP contribution in [0.2, 0.25) is 0 Å². The van der Waals surface area contributed by atoms with Crippen molar-refractivity contribution in [3.8, 4) is 0 Å². The summed E-state index contributed by atoms with van der Waals surface area (Å²) in [4.78, 5) is 27.6. The number of ether oxygens (including phenoxy) is 1. The third-order valence-corrected chi connectivity index (χ3v) is 6.63. The molecule has 2 heterocycles. The highest BCUT2D eigenvalue weighted by molar-refractivity contribution is 7.14. The van der Waals surface area contributed by atoms with Gasteiger partial charge < -0.3 is 10.1 Å². The standard InChI is InChI=1S/C23H25NO3S2/c1-4-6-18-13-20(29-16(18)3)23(26)27-14-21(25)24-22(19-7-5-12-28-19)17-10-8-15(2)9-11-17/h5,7-13,22H,4,6,14H2,1-3H3,(H,24,25). The first-order valence-electron chi connectivity index (χ1n) is 9.63. The minimum absolute atomic E-state index is 0.262. The van der Waals surface area contributed by atoms with Crippen LogP contribution in [0.1, 0.15) is 55.5 Å². The van der Waals surface area contributed by atoms with E-state index in [1.54, 1.807) is 11.3 Å². The zero-order valence-electron chi connectivity index (χ0n) is 16.9. The van der Waals surface area contributed by atoms with Crippen LogP contribution in [0.4, 0.5) is 0 Å². The maximum atomic E-state index is 12.5. The number of rotatable bonds is 8. The maximum absolute atomic E-state index is 12.5. The van der Waals surface area contributed by atoms with Crippen LogP contribution in [0.25, 0.3) is 0 Å². The molecule has 1 atom stereocenters. The lowest BCUT2D eigenvalue weighted by molar-refractivity contribution is -0.124. The number of thiophene rings is 2. The Labute approximate surface area is 179 Å². The second-order valence-electron chi connectivity index (χ2n) is 6.94. The molecule has 0 fully saturated rings. The van der Waals surface area contributed by atoms with E-state index in [1.165, 1.54) is 16.9 Å². The van der Waals surface area contributed by atoms with Crippen LogP contribution in [0.5, 0.6) is 0 Å². The van der Waals surface area contributed by atoms with E-state index < -0.39 is 5.97 Å². The number of nitrogens with one attached hydrogen (secondary N) is 1. The van der Waals surface area contributed by atoms with Gasteiger partial charge in [-0.1, -0.05) is 49.2 Å². The second-order valence-corrected chi connectivity index (χ2v) is 9.18. The van der Waals surface area contributed by atoms with Gasteiger partial charge in [0.05, 0.1) is 6.04 Å². The molecular weight excluding hydrogens is 402 g/mol. The fourth-order valence-corrected chi connectivity index (χ4v) is 4.84. The Kier molecular flexibility index (Phi) is 7.23. The van der Waals surface area contributed by atoms with Crippen molar-refractivity contribution in [2.45, 2.75) is 39.7 Å². The molecule has 0 aliphatic carbocycles. The van der Waals surface area contributed by atoms with E-state index in [0.29, 0.717) is 4.88 Å². The molecule has 29 heavy (non-hydrogen) atoms. The predicted molar refractivity (Wildman–Crippen MR) is 119 cm³/mol. The summed E-state index contributed by atoms with van der Waals surface area (Å²) in [6.07, 6.45) is 1.97. The Morgan fingerprint density at radius 2 is 1.90 bits per heavy atom. The van der Waals surface area contributed by atoms with Crippen molar-refractivity contribution >= 4 is 34.6 Å². The van der Waals surface area contributed by atoms with Crippen molar-refractivity contribution in [2.75, 3.05) is 6.61 Å². The molecule has 1 N–H and O–H groups in total. The molecule has 1 aromatic carbocycles. The van der Waals surface area contributed by atoms with Crippen LogP contribution in [-0.2, 0) is 16.0 Å². The van der Waals surface area contributed by atoms with Gasteiger partial charge in [0.25, 0.3) is 5.91 Å². The first kappa shape index (κ1) is 21.3. The van der Waals surface area contributed by atoms with E-state index in [2.05, 4.69) is 12.2 Å². The minimum Gasteiger partial charge on any atom is -0.451 e. The summed E-state index contributed by atoms with van der Waals surface area (Å²) in [7, 11) is 0. The monoisotopic (exact) mass is 427 g/mol. The topological polar surface area (TPSA) is 55.4 Å². The summed E-state index contributed by atoms with van der Waals surface area (Å²) >= 11 is 3.00. The third-order valence-electron chi connectivity index (χ3n) is 4.62. The van der Waals surface area contributed by atoms with Gasteiger partial charge in [-0.05, 0) is 48.9 Å². The van der Waals surface area contributed by atoms with E-state index in [9.17, 15) is 9.59 Å². The van der Waals surface area contributed by atoms with Gasteiger partial charge >= 0.3 is 5.97 Å². The zero-order chi connectivity index (χ0) is 20.8. The Morgan fingerprint density at radius 1 is 1.14 bits per heavy atom. The number of amides is 1. The number of hydrogen-bond acceptors (Lipinski definition) is 5. The van der Waals surface area contributed by atoms with Crippen molar-refractivity contribution in [1.29, 1.82) is 0 Å². The Bertz CT molecular complexity index is 959. The van der Waals surface area contributed by atoms with Gasteiger partial charge in [0, 0.05) is 9.75 Å². The molecular formula is C23H25NO3S2. The molecule has 0 saturated heterocycles. The number of hydrogen-bond donors (Lipinski definition) is 1. The van der Waals surface area contributed by atoms with Gasteiger partial charge in [0.2, 0.25) is 0 Å². The lowest BCUT2D eigenvalue weighted by Crippen LogP contribution is -2.32. The van der Waals surface area contributed by atoms with E-state index in [4.69, 9.17) is 4.74 Å². The molecule has 6 heteroatoms. The first-order valence-corrected chi connectivity index (χ1v) is 11.3. The molecule has 0 radical (unpaired) electrons. The molecule has 1 unspecified atom stereocenters. The molecule has 0 aliphatic heterocycles. The van der Waals surface area contributed by atoms with Crippen LogP contribution in [0.3, 0.4) is 0 Å². The van der Waals surface area contributed by atoms with Gasteiger partial charge in [-0.15, -0.1) is 22.7 Å². The third kappa shape index (κ3) is 5.55. The lowest BCUT2D eigenvalue weighted by atomic mass is 10.0. The predicted octanol–water partition coefficient (Wildman–Crippen LogP) is 5.44. The summed E-state index contributed by atoms with van der Waals surface area (Å²) in [5.41, 5.74) is 3.33. The van der Waals surface area contributed by atoms with Gasteiger partial charge in [0.15, 0.2) is 6.61 Å². The molecule has 4 nitrogen and oxygen atoms in total. The fourth-order valence-electron chi connectivity index (χ4n) is 3.08. The van der Waals surface area contributed by atoms with Gasteiger partial charge in [-0.25, -0.2) is 4.79 Å². The number of aryl methyl sites for hydroxylation is 3. The second kappa shape index (κ2) is 9.85. The Hall–Kier alpha value is -2.44. The van der Waals surface area contributed by atoms with E-state index >= 15 is 0 Å². The van der Waals surface area contributed by atoms with Crippen molar-refractivity contribution in [3.05, 3.63) is 79.2 Å². The van der Waals surface area contributed by atoms with Crippen LogP contribution in [0.15, 0.2) is 47.8 Å². The number of carbonyl (C=O) groups excluding carboxylic acids is 2. The maximum Gasteiger partial charge on any atom is 0.348 e. The summed E-state index contributed by atoms with van der Waals surface area (Å²) in [6.45, 7) is 5.84. The zero-order valence-corrected chi connectivity index (χ0v) is 18.5. The van der Waals surface area contributed by atoms with Crippen LogP contribution in [0, 0.1) is 13.8 Å². The molecule has 0 spiro atoms. The fraction of sp³-hybridized carbons (Fsp3) is 0.304. The summed E-state index contributed by atoms with van der Waals surface area (Å²) < 4.78 is 5.27. The van der Waals surface area contributed by atoms with Gasteiger partial charge in [-0.2, -0.15) is 0 Å². The van der Waals surface area contributed by atoms with Crippen molar-refractivity contribution < 1.29 is 14.3 Å². The van der Waals surface area contributed by atoms with Crippen molar-refractivity contribution in [2.24, 2.45) is 0 Å². The molecule has 3 rings (SSSR count). The smallest absolute Gasteiger partial charge is 0.348 e. The van der Waals surface area contributed by atoms with Crippen LogP contribution >= 0.6 is 22.7 Å².